The quantitative estimate of drug-likeness (QED) is 0.636. The van der Waals surface area contributed by atoms with Crippen LogP contribution in [0.5, 0.6) is 0 Å². The van der Waals surface area contributed by atoms with Crippen LogP contribution in [-0.4, -0.2) is 52.2 Å². The molecule has 2 aromatic rings. The van der Waals surface area contributed by atoms with Gasteiger partial charge in [0.15, 0.2) is 5.16 Å². The zero-order valence-electron chi connectivity index (χ0n) is 17.6. The van der Waals surface area contributed by atoms with E-state index in [0.29, 0.717) is 36.5 Å². The Bertz CT molecular complexity index is 880. The number of morpholine rings is 1. The van der Waals surface area contributed by atoms with Crippen LogP contribution in [0.15, 0.2) is 29.4 Å². The molecule has 170 valence electrons. The second-order valence-electron chi connectivity index (χ2n) is 7.71. The number of amides is 1. The Morgan fingerprint density at radius 3 is 2.39 bits per heavy atom. The van der Waals surface area contributed by atoms with Crippen molar-refractivity contribution in [1.29, 1.82) is 0 Å². The van der Waals surface area contributed by atoms with Gasteiger partial charge in [-0.25, -0.2) is 0 Å². The molecule has 1 aromatic carbocycles. The minimum Gasteiger partial charge on any atom is -0.378 e. The number of carbonyl (C=O) groups excluding carboxylic acids is 1. The summed E-state index contributed by atoms with van der Waals surface area (Å²) >= 11 is 1.27. The van der Waals surface area contributed by atoms with Gasteiger partial charge in [-0.3, -0.25) is 9.36 Å². The van der Waals surface area contributed by atoms with Gasteiger partial charge in [-0.15, -0.1) is 10.2 Å². The number of anilines is 2. The fraction of sp³-hybridized carbons (Fsp3) is 0.550. The summed E-state index contributed by atoms with van der Waals surface area (Å²) in [4.78, 5) is 14.7. The molecule has 1 aliphatic rings. The van der Waals surface area contributed by atoms with E-state index in [9.17, 15) is 18.0 Å². The van der Waals surface area contributed by atoms with E-state index in [1.165, 1.54) is 23.9 Å². The van der Waals surface area contributed by atoms with E-state index >= 15 is 0 Å². The van der Waals surface area contributed by atoms with Crippen molar-refractivity contribution >= 4 is 29.3 Å². The molecule has 1 saturated heterocycles. The highest BCUT2D eigenvalue weighted by Gasteiger charge is 2.30. The van der Waals surface area contributed by atoms with Crippen LogP contribution in [0.3, 0.4) is 0 Å². The Morgan fingerprint density at radius 1 is 1.16 bits per heavy atom. The molecule has 0 spiro atoms. The molecule has 0 aliphatic carbocycles. The molecule has 1 unspecified atom stereocenters. The van der Waals surface area contributed by atoms with E-state index in [4.69, 9.17) is 4.74 Å². The van der Waals surface area contributed by atoms with Crippen molar-refractivity contribution in [2.75, 3.05) is 36.5 Å². The summed E-state index contributed by atoms with van der Waals surface area (Å²) in [5, 5.41) is 11.4. The Labute approximate surface area is 183 Å². The normalized spacial score (nSPS) is 15.9. The van der Waals surface area contributed by atoms with E-state index < -0.39 is 17.0 Å². The molecule has 1 N–H and O–H groups in total. The van der Waals surface area contributed by atoms with Crippen molar-refractivity contribution in [2.24, 2.45) is 5.92 Å². The standard InChI is InChI=1S/C20H26F3N5O2S/c1-13(2)12-28-18(27-8-10-30-11-9-27)25-26-19(28)31-14(3)17(29)24-16-6-4-15(5-7-16)20(21,22)23/h4-7,13-14H,8-12H2,1-3H3,(H,24,29). The number of benzene rings is 1. The molecule has 2 heterocycles. The average molecular weight is 458 g/mol. The summed E-state index contributed by atoms with van der Waals surface area (Å²) in [6.45, 7) is 9.33. The number of nitrogens with one attached hydrogen (secondary N) is 1. The zero-order valence-corrected chi connectivity index (χ0v) is 18.5. The molecular weight excluding hydrogens is 431 g/mol. The van der Waals surface area contributed by atoms with Crippen LogP contribution in [0.2, 0.25) is 0 Å². The fourth-order valence-electron chi connectivity index (χ4n) is 3.09. The lowest BCUT2D eigenvalue weighted by molar-refractivity contribution is -0.137. The molecule has 0 saturated carbocycles. The minimum atomic E-state index is -4.41. The number of nitrogens with zero attached hydrogens (tertiary/aromatic N) is 4. The van der Waals surface area contributed by atoms with E-state index in [0.717, 1.165) is 31.2 Å². The predicted octanol–water partition coefficient (Wildman–Crippen LogP) is 3.91. The third-order valence-electron chi connectivity index (χ3n) is 4.67. The van der Waals surface area contributed by atoms with Gasteiger partial charge < -0.3 is 15.0 Å². The number of alkyl halides is 3. The van der Waals surface area contributed by atoms with Crippen LogP contribution in [0.1, 0.15) is 26.3 Å². The Morgan fingerprint density at radius 2 is 1.81 bits per heavy atom. The van der Waals surface area contributed by atoms with Gasteiger partial charge in [0.25, 0.3) is 0 Å². The summed E-state index contributed by atoms with van der Waals surface area (Å²) in [7, 11) is 0. The van der Waals surface area contributed by atoms with Crippen molar-refractivity contribution in [3.63, 3.8) is 0 Å². The van der Waals surface area contributed by atoms with Crippen molar-refractivity contribution in [2.45, 2.75) is 43.9 Å². The van der Waals surface area contributed by atoms with Gasteiger partial charge in [-0.05, 0) is 37.1 Å². The first-order chi connectivity index (χ1) is 14.6. The van der Waals surface area contributed by atoms with E-state index in [-0.39, 0.29) is 5.91 Å². The highest BCUT2D eigenvalue weighted by molar-refractivity contribution is 8.00. The number of aromatic nitrogens is 3. The smallest absolute Gasteiger partial charge is 0.378 e. The summed E-state index contributed by atoms with van der Waals surface area (Å²) in [6, 6.07) is 4.38. The third kappa shape index (κ3) is 6.13. The maximum atomic E-state index is 12.7. The van der Waals surface area contributed by atoms with E-state index in [2.05, 4.69) is 34.3 Å². The van der Waals surface area contributed by atoms with Gasteiger partial charge in [0.1, 0.15) is 0 Å². The molecule has 7 nitrogen and oxygen atoms in total. The molecule has 31 heavy (non-hydrogen) atoms. The second-order valence-corrected chi connectivity index (χ2v) is 9.02. The lowest BCUT2D eigenvalue weighted by atomic mass is 10.2. The molecule has 1 aliphatic heterocycles. The molecule has 3 rings (SSSR count). The largest absolute Gasteiger partial charge is 0.416 e. The van der Waals surface area contributed by atoms with Gasteiger partial charge in [0.2, 0.25) is 11.9 Å². The number of thioether (sulfide) groups is 1. The maximum absolute atomic E-state index is 12.7. The van der Waals surface area contributed by atoms with Crippen LogP contribution in [0.25, 0.3) is 0 Å². The van der Waals surface area contributed by atoms with Crippen LogP contribution >= 0.6 is 11.8 Å². The molecule has 0 radical (unpaired) electrons. The summed E-state index contributed by atoms with van der Waals surface area (Å²) < 4.78 is 45.5. The van der Waals surface area contributed by atoms with Gasteiger partial charge in [0, 0.05) is 25.3 Å². The monoisotopic (exact) mass is 457 g/mol. The SMILES string of the molecule is CC(C)Cn1c(SC(C)C(=O)Nc2ccc(C(F)(F)F)cc2)nnc1N1CCOCC1. The van der Waals surface area contributed by atoms with Gasteiger partial charge in [-0.1, -0.05) is 25.6 Å². The minimum absolute atomic E-state index is 0.308. The number of ether oxygens (including phenoxy) is 1. The van der Waals surface area contributed by atoms with Crippen molar-refractivity contribution in [3.8, 4) is 0 Å². The summed E-state index contributed by atoms with van der Waals surface area (Å²) in [5.74, 6) is 0.790. The van der Waals surface area contributed by atoms with Gasteiger partial charge >= 0.3 is 6.18 Å². The van der Waals surface area contributed by atoms with Crippen molar-refractivity contribution < 1.29 is 22.7 Å². The second kappa shape index (κ2) is 9.90. The number of rotatable bonds is 7. The molecule has 1 atom stereocenters. The van der Waals surface area contributed by atoms with Gasteiger partial charge in [0.05, 0.1) is 24.0 Å². The first-order valence-electron chi connectivity index (χ1n) is 10.1. The summed E-state index contributed by atoms with van der Waals surface area (Å²) in [6.07, 6.45) is -4.41. The Kier molecular flexibility index (Phi) is 7.47. The molecule has 11 heteroatoms. The van der Waals surface area contributed by atoms with Crippen LogP contribution < -0.4 is 10.2 Å². The molecule has 0 bridgehead atoms. The number of hydrogen-bond donors (Lipinski definition) is 1. The first-order valence-corrected chi connectivity index (χ1v) is 10.9. The highest BCUT2D eigenvalue weighted by atomic mass is 32.2. The average Bonchev–Trinajstić information content (AvgIpc) is 3.09. The summed E-state index contributed by atoms with van der Waals surface area (Å²) in [5.41, 5.74) is -0.451. The predicted molar refractivity (Wildman–Crippen MR) is 113 cm³/mol. The fourth-order valence-corrected chi connectivity index (χ4v) is 3.94. The molecule has 1 amide bonds. The van der Waals surface area contributed by atoms with Gasteiger partial charge in [-0.2, -0.15) is 13.2 Å². The number of halogens is 3. The van der Waals surface area contributed by atoms with E-state index in [1.54, 1.807) is 6.92 Å². The Balaban J connectivity index is 1.69. The lowest BCUT2D eigenvalue weighted by Crippen LogP contribution is -2.38. The van der Waals surface area contributed by atoms with E-state index in [1.807, 2.05) is 4.57 Å². The van der Waals surface area contributed by atoms with Crippen LogP contribution in [-0.2, 0) is 22.3 Å². The van der Waals surface area contributed by atoms with Crippen LogP contribution in [0.4, 0.5) is 24.8 Å². The van der Waals surface area contributed by atoms with Crippen molar-refractivity contribution in [3.05, 3.63) is 29.8 Å². The zero-order chi connectivity index (χ0) is 22.6. The van der Waals surface area contributed by atoms with Crippen molar-refractivity contribution in [1.82, 2.24) is 14.8 Å². The molecule has 1 fully saturated rings. The number of carbonyl (C=O) groups is 1. The lowest BCUT2D eigenvalue weighted by Gasteiger charge is -2.28. The maximum Gasteiger partial charge on any atom is 0.416 e. The molecular formula is C20H26F3N5O2S. The first kappa shape index (κ1) is 23.4. The van der Waals surface area contributed by atoms with Crippen LogP contribution in [0, 0.1) is 5.92 Å². The number of hydrogen-bond acceptors (Lipinski definition) is 6. The Hall–Kier alpha value is -2.27. The highest BCUT2D eigenvalue weighted by Crippen LogP contribution is 2.31. The molecule has 1 aromatic heterocycles. The third-order valence-corrected chi connectivity index (χ3v) is 5.75. The topological polar surface area (TPSA) is 72.3 Å².